The number of rotatable bonds is 2. The number of nitrogens with zero attached hydrogens (tertiary/aromatic N) is 1. The molecular formula is C9H7F3NO. The van der Waals surface area contributed by atoms with Crippen LogP contribution in [-0.4, -0.2) is 13.3 Å². The lowest BCUT2D eigenvalue weighted by Gasteiger charge is -2.05. The summed E-state index contributed by atoms with van der Waals surface area (Å²) in [5, 5.41) is 3.25. The second-order valence-corrected chi connectivity index (χ2v) is 2.46. The Morgan fingerprint density at radius 2 is 2.07 bits per heavy atom. The summed E-state index contributed by atoms with van der Waals surface area (Å²) in [6, 6.07) is 4.68. The molecule has 2 nitrogen and oxygen atoms in total. The van der Waals surface area contributed by atoms with Gasteiger partial charge in [-0.1, -0.05) is 17.3 Å². The maximum absolute atomic E-state index is 12.2. The van der Waals surface area contributed by atoms with E-state index >= 15 is 0 Å². The van der Waals surface area contributed by atoms with Crippen LogP contribution >= 0.6 is 0 Å². The molecular weight excluding hydrogens is 195 g/mol. The highest BCUT2D eigenvalue weighted by Gasteiger charge is 2.30. The van der Waals surface area contributed by atoms with Crippen molar-refractivity contribution in [3.05, 3.63) is 35.4 Å². The van der Waals surface area contributed by atoms with E-state index in [2.05, 4.69) is 16.2 Å². The van der Waals surface area contributed by atoms with Gasteiger partial charge in [-0.3, -0.25) is 0 Å². The monoisotopic (exact) mass is 202 g/mol. The highest BCUT2D eigenvalue weighted by Crippen LogP contribution is 2.29. The largest absolute Gasteiger partial charge is 0.416 e. The predicted octanol–water partition coefficient (Wildman–Crippen LogP) is 2.56. The molecule has 0 N–H and O–H groups in total. The first-order valence-electron chi connectivity index (χ1n) is 3.70. The van der Waals surface area contributed by atoms with Crippen LogP contribution in [0.4, 0.5) is 13.2 Å². The zero-order valence-corrected chi connectivity index (χ0v) is 7.30. The lowest BCUT2D eigenvalue weighted by Crippen LogP contribution is -2.04. The second-order valence-electron chi connectivity index (χ2n) is 2.46. The molecule has 1 rings (SSSR count). The fraction of sp³-hybridized carbons (Fsp3) is 0.222. The first kappa shape index (κ1) is 10.6. The van der Waals surface area contributed by atoms with Gasteiger partial charge < -0.3 is 4.84 Å². The van der Waals surface area contributed by atoms with Gasteiger partial charge in [-0.25, -0.2) is 0 Å². The van der Waals surface area contributed by atoms with E-state index in [0.717, 1.165) is 12.1 Å². The molecule has 0 aromatic heterocycles. The van der Waals surface area contributed by atoms with E-state index in [1.807, 2.05) is 0 Å². The minimum Gasteiger partial charge on any atom is -0.399 e. The third-order valence-electron chi connectivity index (χ3n) is 1.46. The molecule has 0 aliphatic heterocycles. The van der Waals surface area contributed by atoms with Gasteiger partial charge in [0.1, 0.15) is 13.3 Å². The Hall–Kier alpha value is -1.52. The van der Waals surface area contributed by atoms with Crippen molar-refractivity contribution in [1.29, 1.82) is 0 Å². The summed E-state index contributed by atoms with van der Waals surface area (Å²) >= 11 is 0. The van der Waals surface area contributed by atoms with Gasteiger partial charge >= 0.3 is 6.18 Å². The third-order valence-corrected chi connectivity index (χ3v) is 1.46. The van der Waals surface area contributed by atoms with E-state index in [0.29, 0.717) is 0 Å². The van der Waals surface area contributed by atoms with Crippen LogP contribution in [0.2, 0.25) is 0 Å². The lowest BCUT2D eigenvalue weighted by atomic mass is 10.1. The Bertz CT molecular complexity index is 333. The second kappa shape index (κ2) is 4.13. The van der Waals surface area contributed by atoms with Crippen molar-refractivity contribution in [3.8, 4) is 0 Å². The van der Waals surface area contributed by atoms with Crippen LogP contribution in [0.3, 0.4) is 0 Å². The van der Waals surface area contributed by atoms with Gasteiger partial charge in [0, 0.05) is 5.56 Å². The molecule has 0 atom stereocenters. The van der Waals surface area contributed by atoms with Crippen molar-refractivity contribution in [2.45, 2.75) is 6.18 Å². The van der Waals surface area contributed by atoms with Gasteiger partial charge in [0.2, 0.25) is 0 Å². The molecule has 1 aromatic carbocycles. The van der Waals surface area contributed by atoms with Gasteiger partial charge in [-0.15, -0.1) is 0 Å². The van der Waals surface area contributed by atoms with Crippen LogP contribution in [0.15, 0.2) is 29.4 Å². The van der Waals surface area contributed by atoms with Gasteiger partial charge in [0.25, 0.3) is 0 Å². The highest BCUT2D eigenvalue weighted by atomic mass is 19.4. The zero-order chi connectivity index (χ0) is 10.6. The van der Waals surface area contributed by atoms with Crippen molar-refractivity contribution in [1.82, 2.24) is 0 Å². The van der Waals surface area contributed by atoms with Gasteiger partial charge in [0.05, 0.1) is 5.56 Å². The maximum atomic E-state index is 12.2. The summed E-state index contributed by atoms with van der Waals surface area (Å²) in [5.74, 6) is 0. The molecule has 0 saturated carbocycles. The number of hydrogen-bond acceptors (Lipinski definition) is 2. The lowest BCUT2D eigenvalue weighted by molar-refractivity contribution is -0.137. The first-order chi connectivity index (χ1) is 6.54. The minimum atomic E-state index is -4.34. The van der Waals surface area contributed by atoms with E-state index in [-0.39, 0.29) is 5.56 Å². The number of halogens is 3. The molecule has 5 heteroatoms. The van der Waals surface area contributed by atoms with E-state index in [1.165, 1.54) is 19.2 Å². The number of benzene rings is 1. The van der Waals surface area contributed by atoms with E-state index in [9.17, 15) is 13.2 Å². The fourth-order valence-electron chi connectivity index (χ4n) is 0.863. The zero-order valence-electron chi connectivity index (χ0n) is 7.30. The van der Waals surface area contributed by atoms with E-state index in [4.69, 9.17) is 0 Å². The molecule has 0 aliphatic rings. The van der Waals surface area contributed by atoms with Crippen LogP contribution in [0.1, 0.15) is 11.1 Å². The van der Waals surface area contributed by atoms with E-state index in [1.54, 1.807) is 0 Å². The average Bonchev–Trinajstić information content (AvgIpc) is 2.14. The Balaban J connectivity index is 2.96. The molecule has 0 saturated heterocycles. The molecule has 0 heterocycles. The molecule has 0 spiro atoms. The maximum Gasteiger partial charge on any atom is 0.416 e. The third kappa shape index (κ3) is 2.76. The molecule has 0 unspecified atom stereocenters. The molecule has 14 heavy (non-hydrogen) atoms. The van der Waals surface area contributed by atoms with Crippen molar-refractivity contribution < 1.29 is 18.0 Å². The highest BCUT2D eigenvalue weighted by molar-refractivity contribution is 5.79. The standard InChI is InChI=1S/C9H7F3NO/c1-14-13-6-7-3-2-4-8(5-7)9(10,11)12/h2-5H,1H3. The summed E-state index contributed by atoms with van der Waals surface area (Å²) < 4.78 is 36.6. The van der Waals surface area contributed by atoms with Crippen molar-refractivity contribution in [2.75, 3.05) is 7.11 Å². The predicted molar refractivity (Wildman–Crippen MR) is 45.0 cm³/mol. The summed E-state index contributed by atoms with van der Waals surface area (Å²) in [5.41, 5.74) is -0.504. The summed E-state index contributed by atoms with van der Waals surface area (Å²) in [6.07, 6.45) is -2.03. The first-order valence-corrected chi connectivity index (χ1v) is 3.70. The summed E-state index contributed by atoms with van der Waals surface area (Å²) in [7, 11) is 1.29. The van der Waals surface area contributed by atoms with Crippen molar-refractivity contribution >= 4 is 6.21 Å². The van der Waals surface area contributed by atoms with E-state index < -0.39 is 11.7 Å². The number of hydrogen-bond donors (Lipinski definition) is 0. The molecule has 0 fully saturated rings. The molecule has 1 aromatic rings. The quantitative estimate of drug-likeness (QED) is 0.533. The molecule has 0 bridgehead atoms. The Labute approximate surface area is 79.0 Å². The number of alkyl halides is 3. The van der Waals surface area contributed by atoms with Crippen molar-refractivity contribution in [3.63, 3.8) is 0 Å². The van der Waals surface area contributed by atoms with Crippen LogP contribution in [0.25, 0.3) is 0 Å². The topological polar surface area (TPSA) is 21.6 Å². The van der Waals surface area contributed by atoms with Crippen LogP contribution < -0.4 is 0 Å². The van der Waals surface area contributed by atoms with Crippen molar-refractivity contribution in [2.24, 2.45) is 5.16 Å². The van der Waals surface area contributed by atoms with Crippen LogP contribution in [0.5, 0.6) is 0 Å². The minimum absolute atomic E-state index is 0.224. The molecule has 0 aliphatic carbocycles. The normalized spacial score (nSPS) is 12.0. The smallest absolute Gasteiger partial charge is 0.399 e. The Morgan fingerprint density at radius 1 is 1.36 bits per heavy atom. The summed E-state index contributed by atoms with van der Waals surface area (Å²) in [6.45, 7) is 0. The molecule has 0 amide bonds. The fourth-order valence-corrected chi connectivity index (χ4v) is 0.863. The Kier molecular flexibility index (Phi) is 3.11. The Morgan fingerprint density at radius 3 is 2.64 bits per heavy atom. The summed E-state index contributed by atoms with van der Waals surface area (Å²) in [4.78, 5) is 4.30. The van der Waals surface area contributed by atoms with Gasteiger partial charge in [-0.2, -0.15) is 13.2 Å². The van der Waals surface area contributed by atoms with Crippen LogP contribution in [0, 0.1) is 0 Å². The van der Waals surface area contributed by atoms with Crippen LogP contribution in [-0.2, 0) is 11.0 Å². The molecule has 1 radical (unpaired) electrons. The van der Waals surface area contributed by atoms with Gasteiger partial charge in [-0.05, 0) is 12.1 Å². The van der Waals surface area contributed by atoms with Gasteiger partial charge in [0.15, 0.2) is 0 Å². The average molecular weight is 202 g/mol. The molecule has 75 valence electrons. The SMILES string of the molecule is CO/N=[C]\c1cccc(C(F)(F)F)c1.